The molecule has 10 heteroatoms. The Kier molecular flexibility index (Phi) is 6.12. The van der Waals surface area contributed by atoms with Crippen LogP contribution in [0, 0.1) is 5.41 Å². The lowest BCUT2D eigenvalue weighted by molar-refractivity contribution is -0.161. The number of amides is 1. The second-order valence-corrected chi connectivity index (χ2v) is 9.79. The number of carbonyl (C=O) groups excluding carboxylic acids is 1. The van der Waals surface area contributed by atoms with Crippen LogP contribution in [0.4, 0.5) is 13.2 Å². The number of rotatable bonds is 5. The van der Waals surface area contributed by atoms with E-state index in [-0.39, 0.29) is 24.6 Å². The smallest absolute Gasteiger partial charge is 0.383 e. The maximum absolute atomic E-state index is 13.6. The minimum absolute atomic E-state index is 0.0750. The first kappa shape index (κ1) is 24.5. The van der Waals surface area contributed by atoms with Crippen molar-refractivity contribution in [3.63, 3.8) is 0 Å². The van der Waals surface area contributed by atoms with Gasteiger partial charge in [-0.3, -0.25) is 19.5 Å². The van der Waals surface area contributed by atoms with E-state index in [2.05, 4.69) is 9.88 Å². The number of aryl methyl sites for hydroxylation is 1. The van der Waals surface area contributed by atoms with E-state index in [0.717, 1.165) is 28.7 Å². The van der Waals surface area contributed by atoms with Crippen molar-refractivity contribution in [2.45, 2.75) is 25.7 Å². The molecule has 1 aromatic carbocycles. The summed E-state index contributed by atoms with van der Waals surface area (Å²) in [5, 5.41) is 0.974. The Balaban J connectivity index is 1.30. The quantitative estimate of drug-likeness (QED) is 0.539. The van der Waals surface area contributed by atoms with E-state index in [9.17, 15) is 22.8 Å². The summed E-state index contributed by atoms with van der Waals surface area (Å²) in [6.07, 6.45) is -3.20. The number of ether oxygens (including phenoxy) is 1. The number of carbonyl (C=O) groups is 1. The Morgan fingerprint density at radius 2 is 1.92 bits per heavy atom. The zero-order valence-corrected chi connectivity index (χ0v) is 20.1. The number of aromatic nitrogens is 2. The number of alkyl halides is 3. The van der Waals surface area contributed by atoms with Gasteiger partial charge in [0.05, 0.1) is 23.1 Å². The van der Waals surface area contributed by atoms with Crippen LogP contribution in [0.3, 0.4) is 0 Å². The van der Waals surface area contributed by atoms with Gasteiger partial charge in [-0.05, 0) is 34.7 Å². The lowest BCUT2D eigenvalue weighted by Gasteiger charge is -2.50. The summed E-state index contributed by atoms with van der Waals surface area (Å²) in [6.45, 7) is 2.33. The average molecular weight is 501 g/mol. The van der Waals surface area contributed by atoms with Gasteiger partial charge in [0.25, 0.3) is 5.56 Å². The monoisotopic (exact) mass is 500 g/mol. The molecule has 5 rings (SSSR count). The molecule has 0 spiro atoms. The molecule has 190 valence electrons. The summed E-state index contributed by atoms with van der Waals surface area (Å²) >= 11 is 0. The summed E-state index contributed by atoms with van der Waals surface area (Å²) in [4.78, 5) is 33.3. The second-order valence-electron chi connectivity index (χ2n) is 9.79. The van der Waals surface area contributed by atoms with Gasteiger partial charge in [0.1, 0.15) is 0 Å². The van der Waals surface area contributed by atoms with Crippen molar-refractivity contribution in [2.75, 3.05) is 33.4 Å². The number of pyridine rings is 2. The molecule has 7 nitrogen and oxygen atoms in total. The fraction of sp³-hybridized carbons (Fsp3) is 0.423. The zero-order valence-electron chi connectivity index (χ0n) is 20.1. The van der Waals surface area contributed by atoms with Crippen molar-refractivity contribution in [2.24, 2.45) is 12.5 Å². The fourth-order valence-corrected chi connectivity index (χ4v) is 5.34. The highest BCUT2D eigenvalue weighted by Crippen LogP contribution is 2.37. The molecule has 0 atom stereocenters. The molecule has 2 aliphatic rings. The molecule has 4 heterocycles. The molecule has 2 aromatic heterocycles. The molecule has 0 unspecified atom stereocenters. The third-order valence-electron chi connectivity index (χ3n) is 7.18. The number of halogens is 3. The topological polar surface area (TPSA) is 67.7 Å². The standard InChI is InChI=1S/C26H27F3N4O3/c1-31-22-9-17(3-4-18(22)5-6-23(31)34)12-32-14-25(15-32,16-36-2)24(35)33-8-7-21-19(13-33)10-20(11-30-21)26(27,28)29/h3-6,9-11H,7-8,12-16H2,1-2H3. The highest BCUT2D eigenvalue weighted by molar-refractivity contribution is 5.85. The summed E-state index contributed by atoms with van der Waals surface area (Å²) in [5.41, 5.74) is 1.30. The van der Waals surface area contributed by atoms with E-state index in [1.807, 2.05) is 18.2 Å². The Morgan fingerprint density at radius 1 is 1.17 bits per heavy atom. The van der Waals surface area contributed by atoms with Gasteiger partial charge in [0.15, 0.2) is 0 Å². The molecule has 1 amide bonds. The number of fused-ring (bicyclic) bond motifs is 2. The Labute approximate surface area is 206 Å². The van der Waals surface area contributed by atoms with Gasteiger partial charge in [-0.2, -0.15) is 13.2 Å². The molecule has 1 fully saturated rings. The van der Waals surface area contributed by atoms with Crippen molar-refractivity contribution in [1.82, 2.24) is 19.4 Å². The summed E-state index contributed by atoms with van der Waals surface area (Å²) in [6, 6.07) is 10.4. The SMILES string of the molecule is COCC1(C(=O)N2CCc3ncc(C(F)(F)F)cc3C2)CN(Cc2ccc3ccc(=O)n(C)c3c2)C1. The highest BCUT2D eigenvalue weighted by atomic mass is 19.4. The molecule has 1 saturated heterocycles. The maximum Gasteiger partial charge on any atom is 0.417 e. The molecular weight excluding hydrogens is 473 g/mol. The zero-order chi connectivity index (χ0) is 25.7. The number of benzene rings is 1. The molecular formula is C26H27F3N4O3. The molecule has 0 radical (unpaired) electrons. The molecule has 2 aliphatic heterocycles. The van der Waals surface area contributed by atoms with E-state index in [0.29, 0.717) is 43.9 Å². The molecule has 0 aliphatic carbocycles. The second kappa shape index (κ2) is 9.01. The number of hydrogen-bond donors (Lipinski definition) is 0. The van der Waals surface area contributed by atoms with Gasteiger partial charge in [-0.25, -0.2) is 0 Å². The lowest BCUT2D eigenvalue weighted by Crippen LogP contribution is -2.65. The van der Waals surface area contributed by atoms with Crippen molar-refractivity contribution in [1.29, 1.82) is 0 Å². The first-order chi connectivity index (χ1) is 17.1. The summed E-state index contributed by atoms with van der Waals surface area (Å²) in [7, 11) is 3.29. The third kappa shape index (κ3) is 4.39. The molecule has 0 bridgehead atoms. The molecule has 0 saturated carbocycles. The van der Waals surface area contributed by atoms with E-state index >= 15 is 0 Å². The third-order valence-corrected chi connectivity index (χ3v) is 7.18. The van der Waals surface area contributed by atoms with Crippen molar-refractivity contribution >= 4 is 16.8 Å². The van der Waals surface area contributed by atoms with Gasteiger partial charge < -0.3 is 14.2 Å². The van der Waals surface area contributed by atoms with Crippen LogP contribution in [-0.2, 0) is 42.3 Å². The predicted molar refractivity (Wildman–Crippen MR) is 127 cm³/mol. The van der Waals surface area contributed by atoms with Crippen LogP contribution < -0.4 is 5.56 Å². The first-order valence-electron chi connectivity index (χ1n) is 11.7. The molecule has 3 aromatic rings. The van der Waals surface area contributed by atoms with Crippen LogP contribution in [0.2, 0.25) is 0 Å². The summed E-state index contributed by atoms with van der Waals surface area (Å²) < 4.78 is 46.5. The number of hydrogen-bond acceptors (Lipinski definition) is 5. The van der Waals surface area contributed by atoms with Crippen molar-refractivity contribution in [3.05, 3.63) is 75.3 Å². The molecule has 36 heavy (non-hydrogen) atoms. The van der Waals surface area contributed by atoms with Gasteiger partial charge >= 0.3 is 6.18 Å². The van der Waals surface area contributed by atoms with Crippen LogP contribution >= 0.6 is 0 Å². The Bertz CT molecular complexity index is 1380. The van der Waals surface area contributed by atoms with Crippen molar-refractivity contribution < 1.29 is 22.7 Å². The van der Waals surface area contributed by atoms with Crippen molar-refractivity contribution in [3.8, 4) is 0 Å². The van der Waals surface area contributed by atoms with Crippen LogP contribution in [0.25, 0.3) is 10.9 Å². The number of nitrogens with zero attached hydrogens (tertiary/aromatic N) is 4. The van der Waals surface area contributed by atoms with E-state index in [4.69, 9.17) is 4.74 Å². The fourth-order valence-electron chi connectivity index (χ4n) is 5.34. The van der Waals surface area contributed by atoms with Gasteiger partial charge in [0.2, 0.25) is 5.91 Å². The predicted octanol–water partition coefficient (Wildman–Crippen LogP) is 2.99. The van der Waals surface area contributed by atoms with E-state index in [1.54, 1.807) is 35.8 Å². The van der Waals surface area contributed by atoms with Crippen LogP contribution in [0.5, 0.6) is 0 Å². The lowest BCUT2D eigenvalue weighted by atomic mass is 9.78. The normalized spacial score (nSPS) is 17.6. The van der Waals surface area contributed by atoms with Crippen LogP contribution in [0.15, 0.2) is 47.4 Å². The molecule has 0 N–H and O–H groups in total. The Hall–Kier alpha value is -3.24. The number of methoxy groups -OCH3 is 1. The highest BCUT2D eigenvalue weighted by Gasteiger charge is 2.51. The largest absolute Gasteiger partial charge is 0.417 e. The van der Waals surface area contributed by atoms with Gasteiger partial charge in [-0.1, -0.05) is 12.1 Å². The van der Waals surface area contributed by atoms with Gasteiger partial charge in [-0.15, -0.1) is 0 Å². The number of likely N-dealkylation sites (tertiary alicyclic amines) is 1. The average Bonchev–Trinajstić information content (AvgIpc) is 2.83. The van der Waals surface area contributed by atoms with Crippen LogP contribution in [-0.4, -0.2) is 58.6 Å². The first-order valence-corrected chi connectivity index (χ1v) is 11.7. The van der Waals surface area contributed by atoms with E-state index in [1.165, 1.54) is 0 Å². The Morgan fingerprint density at radius 3 is 2.64 bits per heavy atom. The summed E-state index contributed by atoms with van der Waals surface area (Å²) in [5.74, 6) is -0.107. The minimum atomic E-state index is -4.48. The minimum Gasteiger partial charge on any atom is -0.383 e. The van der Waals surface area contributed by atoms with Crippen LogP contribution in [0.1, 0.15) is 22.4 Å². The van der Waals surface area contributed by atoms with E-state index < -0.39 is 17.2 Å². The van der Waals surface area contributed by atoms with Gasteiger partial charge in [0, 0.05) is 71.3 Å². The maximum atomic E-state index is 13.6.